The first-order chi connectivity index (χ1) is 13.8. The van der Waals surface area contributed by atoms with Crippen LogP contribution in [0.1, 0.15) is 89.0 Å². The fourth-order valence-electron chi connectivity index (χ4n) is 3.17. The van der Waals surface area contributed by atoms with Crippen molar-refractivity contribution in [3.63, 3.8) is 0 Å². The van der Waals surface area contributed by atoms with Crippen LogP contribution in [0.3, 0.4) is 0 Å². The summed E-state index contributed by atoms with van der Waals surface area (Å²) in [6.45, 7) is 1.35. The second-order valence-corrected chi connectivity index (χ2v) is 9.24. The number of rotatable bonds is 18. The molecule has 1 unspecified atom stereocenters. The number of nitrogens with two attached hydrogens (primary N) is 1. The van der Waals surface area contributed by atoms with Crippen LogP contribution in [-0.4, -0.2) is 38.8 Å². The highest BCUT2D eigenvalue weighted by atomic mass is 31.2. The van der Waals surface area contributed by atoms with Crippen molar-refractivity contribution in [2.45, 2.75) is 95.9 Å². The first-order valence-electron chi connectivity index (χ1n) is 10.8. The number of nitrogens with zero attached hydrogens (tertiary/aromatic N) is 1. The molecule has 1 aromatic rings. The summed E-state index contributed by atoms with van der Waals surface area (Å²) in [4.78, 5) is 17.6. The number of hydrogen-bond acceptors (Lipinski definition) is 6. The summed E-state index contributed by atoms with van der Waals surface area (Å²) in [6, 6.07) is 1.88. The Kier molecular flexibility index (Phi) is 12.9. The molecule has 1 atom stereocenters. The van der Waals surface area contributed by atoms with Gasteiger partial charge in [-0.25, -0.2) is 4.57 Å². The summed E-state index contributed by atoms with van der Waals surface area (Å²) in [5.41, 5.74) is 5.61. The van der Waals surface area contributed by atoms with Crippen LogP contribution in [0.2, 0.25) is 0 Å². The zero-order valence-electron chi connectivity index (χ0n) is 17.7. The van der Waals surface area contributed by atoms with Gasteiger partial charge in [-0.1, -0.05) is 69.9 Å². The summed E-state index contributed by atoms with van der Waals surface area (Å²) < 4.78 is 20.6. The minimum Gasteiger partial charge on any atom is -0.394 e. The maximum Gasteiger partial charge on any atom is 0.469 e. The van der Waals surface area contributed by atoms with Crippen molar-refractivity contribution in [1.82, 2.24) is 5.16 Å². The van der Waals surface area contributed by atoms with E-state index in [0.29, 0.717) is 12.2 Å². The Morgan fingerprint density at radius 2 is 1.66 bits per heavy atom. The van der Waals surface area contributed by atoms with Crippen LogP contribution in [0, 0.1) is 0 Å². The molecule has 0 aliphatic heterocycles. The molecule has 29 heavy (non-hydrogen) atoms. The van der Waals surface area contributed by atoms with E-state index in [-0.39, 0.29) is 6.42 Å². The number of hydrogen-bond donors (Lipinski definition) is 4. The van der Waals surface area contributed by atoms with E-state index < -0.39 is 26.6 Å². The highest BCUT2D eigenvalue weighted by Gasteiger charge is 2.29. The largest absolute Gasteiger partial charge is 0.469 e. The standard InChI is InChI=1S/C20H39N2O6P/c1-2-3-4-5-6-7-8-9-10-11-12-18-15-19(28-22-18)13-14-20(21,16-23)17-27-29(24,25)26/h15,23H,2-14,16-17,21H2,1H3,(H2,24,25,26). The predicted molar refractivity (Wildman–Crippen MR) is 112 cm³/mol. The van der Waals surface area contributed by atoms with Crippen molar-refractivity contribution in [3.8, 4) is 0 Å². The fourth-order valence-corrected chi connectivity index (χ4v) is 3.59. The molecule has 8 nitrogen and oxygen atoms in total. The van der Waals surface area contributed by atoms with Gasteiger partial charge < -0.3 is 25.2 Å². The molecule has 0 spiro atoms. The van der Waals surface area contributed by atoms with Crippen LogP contribution in [0.15, 0.2) is 10.6 Å². The Morgan fingerprint density at radius 3 is 2.21 bits per heavy atom. The predicted octanol–water partition coefficient (Wildman–Crippen LogP) is 3.87. The number of phosphoric acid groups is 1. The molecular weight excluding hydrogens is 395 g/mol. The third kappa shape index (κ3) is 13.2. The van der Waals surface area contributed by atoms with Crippen LogP contribution >= 0.6 is 7.82 Å². The van der Waals surface area contributed by atoms with E-state index in [9.17, 15) is 9.67 Å². The first-order valence-corrected chi connectivity index (χ1v) is 12.4. The van der Waals surface area contributed by atoms with Gasteiger partial charge in [0.1, 0.15) is 5.76 Å². The van der Waals surface area contributed by atoms with Gasteiger partial charge in [0, 0.05) is 12.5 Å². The summed E-state index contributed by atoms with van der Waals surface area (Å²) in [6.07, 6.45) is 14.4. The third-order valence-corrected chi connectivity index (χ3v) is 5.56. The lowest BCUT2D eigenvalue weighted by atomic mass is 9.96. The van der Waals surface area contributed by atoms with E-state index in [1.54, 1.807) is 0 Å². The van der Waals surface area contributed by atoms with Crippen molar-refractivity contribution < 1.29 is 28.5 Å². The molecule has 0 aliphatic carbocycles. The molecule has 0 fully saturated rings. The van der Waals surface area contributed by atoms with Crippen LogP contribution in [0.4, 0.5) is 0 Å². The smallest absolute Gasteiger partial charge is 0.394 e. The zero-order valence-corrected chi connectivity index (χ0v) is 18.6. The van der Waals surface area contributed by atoms with E-state index in [4.69, 9.17) is 20.0 Å². The number of aliphatic hydroxyl groups is 1. The lowest BCUT2D eigenvalue weighted by Crippen LogP contribution is -2.48. The van der Waals surface area contributed by atoms with E-state index in [2.05, 4.69) is 16.6 Å². The van der Waals surface area contributed by atoms with Gasteiger partial charge in [-0.15, -0.1) is 0 Å². The topological polar surface area (TPSA) is 139 Å². The summed E-state index contributed by atoms with van der Waals surface area (Å²) in [7, 11) is -4.62. The second-order valence-electron chi connectivity index (χ2n) is 8.00. The maximum absolute atomic E-state index is 10.8. The molecule has 1 aromatic heterocycles. The Hall–Kier alpha value is -0.760. The fraction of sp³-hybridized carbons (Fsp3) is 0.850. The summed E-state index contributed by atoms with van der Waals surface area (Å²) in [5.74, 6) is 0.645. The van der Waals surface area contributed by atoms with Crippen LogP contribution in [0.25, 0.3) is 0 Å². The van der Waals surface area contributed by atoms with Crippen molar-refractivity contribution in [3.05, 3.63) is 17.5 Å². The van der Waals surface area contributed by atoms with Crippen molar-refractivity contribution in [1.29, 1.82) is 0 Å². The number of aromatic nitrogens is 1. The average Bonchev–Trinajstić information content (AvgIpc) is 3.14. The Labute approximate surface area is 174 Å². The first kappa shape index (κ1) is 26.3. The second kappa shape index (κ2) is 14.3. The molecule has 0 aromatic carbocycles. The van der Waals surface area contributed by atoms with Crippen molar-refractivity contribution >= 4 is 7.82 Å². The molecule has 5 N–H and O–H groups in total. The molecule has 0 amide bonds. The Morgan fingerprint density at radius 1 is 1.07 bits per heavy atom. The van der Waals surface area contributed by atoms with Crippen LogP contribution in [-0.2, 0) is 21.9 Å². The highest BCUT2D eigenvalue weighted by Crippen LogP contribution is 2.36. The number of aryl methyl sites for hydroxylation is 2. The zero-order chi connectivity index (χ0) is 21.6. The molecule has 1 heterocycles. The maximum atomic E-state index is 10.8. The number of unbranched alkanes of at least 4 members (excludes halogenated alkanes) is 9. The van der Waals surface area contributed by atoms with Crippen LogP contribution < -0.4 is 5.73 Å². The van der Waals surface area contributed by atoms with Gasteiger partial charge in [0.15, 0.2) is 0 Å². The summed E-state index contributed by atoms with van der Waals surface area (Å²) in [5, 5.41) is 13.5. The SMILES string of the molecule is CCCCCCCCCCCCc1cc(CCC(N)(CO)COP(=O)(O)O)on1. The van der Waals surface area contributed by atoms with Gasteiger partial charge in [-0.05, 0) is 19.3 Å². The van der Waals surface area contributed by atoms with Gasteiger partial charge in [-0.2, -0.15) is 0 Å². The van der Waals surface area contributed by atoms with E-state index >= 15 is 0 Å². The lowest BCUT2D eigenvalue weighted by Gasteiger charge is -2.26. The molecule has 0 saturated carbocycles. The molecular formula is C20H39N2O6P. The van der Waals surface area contributed by atoms with Crippen molar-refractivity contribution in [2.24, 2.45) is 5.73 Å². The van der Waals surface area contributed by atoms with Crippen LogP contribution in [0.5, 0.6) is 0 Å². The molecule has 1 rings (SSSR count). The average molecular weight is 435 g/mol. The van der Waals surface area contributed by atoms with Gasteiger partial charge >= 0.3 is 7.82 Å². The molecule has 0 aliphatic rings. The van der Waals surface area contributed by atoms with E-state index in [0.717, 1.165) is 18.5 Å². The van der Waals surface area contributed by atoms with Gasteiger partial charge in [-0.3, -0.25) is 4.52 Å². The molecule has 0 saturated heterocycles. The van der Waals surface area contributed by atoms with Gasteiger partial charge in [0.2, 0.25) is 0 Å². The molecule has 0 bridgehead atoms. The summed E-state index contributed by atoms with van der Waals surface area (Å²) >= 11 is 0. The number of phosphoric ester groups is 1. The number of aliphatic hydroxyl groups excluding tert-OH is 1. The van der Waals surface area contributed by atoms with Crippen molar-refractivity contribution in [2.75, 3.05) is 13.2 Å². The molecule has 9 heteroatoms. The van der Waals surface area contributed by atoms with E-state index in [1.165, 1.54) is 57.8 Å². The normalized spacial score (nSPS) is 14.2. The monoisotopic (exact) mass is 434 g/mol. The highest BCUT2D eigenvalue weighted by molar-refractivity contribution is 7.46. The molecule has 0 radical (unpaired) electrons. The minimum absolute atomic E-state index is 0.260. The van der Waals surface area contributed by atoms with Gasteiger partial charge in [0.05, 0.1) is 24.4 Å². The minimum atomic E-state index is -4.62. The third-order valence-electron chi connectivity index (χ3n) is 5.10. The quantitative estimate of drug-likeness (QED) is 0.202. The van der Waals surface area contributed by atoms with Gasteiger partial charge in [0.25, 0.3) is 0 Å². The Bertz CT molecular complexity index is 591. The lowest BCUT2D eigenvalue weighted by molar-refractivity contribution is 0.101. The Balaban J connectivity index is 2.18. The molecule has 170 valence electrons. The van der Waals surface area contributed by atoms with E-state index in [1.807, 2.05) is 6.07 Å².